The molecular formula is C19H17Cl2F2N5O2. The summed E-state index contributed by atoms with van der Waals surface area (Å²) >= 11 is 10.2. The van der Waals surface area contributed by atoms with Crippen molar-refractivity contribution in [2.24, 2.45) is 0 Å². The SMILES string of the molecule is CNCC(=O)Nc1ccc2ncnc(Nc3ccc(F)c(Cl)c3)c2c1.O=CC(F)Cl. The number of aldehydes is 1. The lowest BCUT2D eigenvalue weighted by Crippen LogP contribution is -2.25. The number of benzene rings is 2. The normalized spacial score (nSPS) is 11.2. The summed E-state index contributed by atoms with van der Waals surface area (Å²) in [5.41, 5.74) is 0.103. The number of anilines is 3. The van der Waals surface area contributed by atoms with Gasteiger partial charge in [-0.3, -0.25) is 9.59 Å². The molecule has 0 saturated heterocycles. The molecule has 11 heteroatoms. The molecule has 0 bridgehead atoms. The van der Waals surface area contributed by atoms with E-state index >= 15 is 0 Å². The number of likely N-dealkylation sites (N-methyl/N-ethyl adjacent to an activating group) is 1. The van der Waals surface area contributed by atoms with Crippen LogP contribution < -0.4 is 16.0 Å². The molecule has 1 unspecified atom stereocenters. The highest BCUT2D eigenvalue weighted by atomic mass is 35.5. The van der Waals surface area contributed by atoms with Crippen LogP contribution in [-0.2, 0) is 9.59 Å². The summed E-state index contributed by atoms with van der Waals surface area (Å²) in [6, 6.07) is 9.64. The van der Waals surface area contributed by atoms with Gasteiger partial charge in [-0.2, -0.15) is 0 Å². The third-order valence-electron chi connectivity index (χ3n) is 3.54. The van der Waals surface area contributed by atoms with E-state index in [0.29, 0.717) is 28.1 Å². The number of rotatable bonds is 6. The maximum atomic E-state index is 13.3. The van der Waals surface area contributed by atoms with E-state index in [-0.39, 0.29) is 23.8 Å². The van der Waals surface area contributed by atoms with E-state index < -0.39 is 11.4 Å². The first kappa shape index (κ1) is 23.4. The molecule has 1 heterocycles. The lowest BCUT2D eigenvalue weighted by molar-refractivity contribution is -0.115. The van der Waals surface area contributed by atoms with Gasteiger partial charge in [0.2, 0.25) is 11.5 Å². The summed E-state index contributed by atoms with van der Waals surface area (Å²) < 4.78 is 24.1. The van der Waals surface area contributed by atoms with Crippen molar-refractivity contribution in [3.63, 3.8) is 0 Å². The van der Waals surface area contributed by atoms with E-state index in [4.69, 9.17) is 16.4 Å². The molecule has 0 radical (unpaired) electrons. The second kappa shape index (κ2) is 11.3. The fourth-order valence-corrected chi connectivity index (χ4v) is 2.49. The second-order valence-electron chi connectivity index (χ2n) is 5.76. The number of alkyl halides is 2. The van der Waals surface area contributed by atoms with Gasteiger partial charge in [0.15, 0.2) is 6.29 Å². The lowest BCUT2D eigenvalue weighted by atomic mass is 10.2. The van der Waals surface area contributed by atoms with Gasteiger partial charge in [0.1, 0.15) is 18.0 Å². The number of nitrogens with zero attached hydrogens (tertiary/aromatic N) is 2. The predicted octanol–water partition coefficient (Wildman–Crippen LogP) is 4.04. The molecule has 158 valence electrons. The quantitative estimate of drug-likeness (QED) is 0.383. The van der Waals surface area contributed by atoms with Gasteiger partial charge in [-0.15, -0.1) is 0 Å². The van der Waals surface area contributed by atoms with E-state index in [1.54, 1.807) is 31.3 Å². The third-order valence-corrected chi connectivity index (χ3v) is 3.93. The molecule has 0 fully saturated rings. The van der Waals surface area contributed by atoms with Crippen LogP contribution in [0.4, 0.5) is 26.0 Å². The minimum atomic E-state index is -1.82. The summed E-state index contributed by atoms with van der Waals surface area (Å²) in [4.78, 5) is 29.2. The van der Waals surface area contributed by atoms with Crippen LogP contribution in [0.1, 0.15) is 0 Å². The molecule has 0 spiro atoms. The van der Waals surface area contributed by atoms with Gasteiger partial charge in [-0.05, 0) is 43.4 Å². The second-order valence-corrected chi connectivity index (χ2v) is 6.58. The first-order valence-corrected chi connectivity index (χ1v) is 9.30. The molecule has 1 atom stereocenters. The smallest absolute Gasteiger partial charge is 0.238 e. The fraction of sp³-hybridized carbons (Fsp3) is 0.158. The largest absolute Gasteiger partial charge is 0.340 e. The Bertz CT molecular complexity index is 1040. The molecule has 1 amide bonds. The van der Waals surface area contributed by atoms with Crippen molar-refractivity contribution in [1.82, 2.24) is 15.3 Å². The topological polar surface area (TPSA) is 96.0 Å². The monoisotopic (exact) mass is 455 g/mol. The molecule has 30 heavy (non-hydrogen) atoms. The summed E-state index contributed by atoms with van der Waals surface area (Å²) in [5.74, 6) is -0.120. The van der Waals surface area contributed by atoms with E-state index in [1.165, 1.54) is 18.5 Å². The molecule has 0 aliphatic heterocycles. The molecule has 3 aromatic rings. The Labute approximate surface area is 180 Å². The molecule has 0 aliphatic rings. The standard InChI is InChI=1S/C17H15ClFN5O.C2H2ClFO/c1-20-8-16(25)23-10-3-5-15-12(6-10)17(22-9-21-15)24-11-2-4-14(19)13(18)7-11;3-2(4)1-5/h2-7,9,20H,8H2,1H3,(H,23,25)(H,21,22,24);1-2H. The highest BCUT2D eigenvalue weighted by Gasteiger charge is 2.08. The minimum absolute atomic E-state index is 0.0154. The number of halogens is 4. The number of nitrogens with one attached hydrogen (secondary N) is 3. The van der Waals surface area contributed by atoms with E-state index in [2.05, 4.69) is 37.5 Å². The Balaban J connectivity index is 0.000000575. The van der Waals surface area contributed by atoms with Crippen molar-refractivity contribution in [2.75, 3.05) is 24.2 Å². The van der Waals surface area contributed by atoms with Crippen molar-refractivity contribution in [2.45, 2.75) is 5.63 Å². The number of amides is 1. The molecule has 2 aromatic carbocycles. The first-order chi connectivity index (χ1) is 14.3. The van der Waals surface area contributed by atoms with Crippen molar-refractivity contribution in [3.8, 4) is 0 Å². The van der Waals surface area contributed by atoms with Crippen LogP contribution in [0.2, 0.25) is 5.02 Å². The zero-order valence-corrected chi connectivity index (χ0v) is 17.1. The summed E-state index contributed by atoms with van der Waals surface area (Å²) in [7, 11) is 1.70. The summed E-state index contributed by atoms with van der Waals surface area (Å²) in [5, 5.41) is 9.40. The minimum Gasteiger partial charge on any atom is -0.340 e. The Morgan fingerprint density at radius 3 is 2.53 bits per heavy atom. The Hall–Kier alpha value is -2.88. The van der Waals surface area contributed by atoms with Gasteiger partial charge >= 0.3 is 0 Å². The molecule has 7 nitrogen and oxygen atoms in total. The van der Waals surface area contributed by atoms with Gasteiger partial charge in [0.25, 0.3) is 0 Å². The highest BCUT2D eigenvalue weighted by Crippen LogP contribution is 2.27. The number of carbonyl (C=O) groups excluding carboxylic acids is 2. The van der Waals surface area contributed by atoms with Crippen LogP contribution in [0.3, 0.4) is 0 Å². The Kier molecular flexibility index (Phi) is 8.85. The maximum Gasteiger partial charge on any atom is 0.238 e. The molecule has 3 rings (SSSR count). The Morgan fingerprint density at radius 2 is 1.90 bits per heavy atom. The van der Waals surface area contributed by atoms with Crippen LogP contribution in [-0.4, -0.2) is 41.4 Å². The highest BCUT2D eigenvalue weighted by molar-refractivity contribution is 6.31. The molecule has 1 aromatic heterocycles. The fourth-order valence-electron chi connectivity index (χ4n) is 2.31. The number of aromatic nitrogens is 2. The first-order valence-electron chi connectivity index (χ1n) is 8.48. The number of hydrogen-bond acceptors (Lipinski definition) is 6. The van der Waals surface area contributed by atoms with Gasteiger partial charge < -0.3 is 16.0 Å². The van der Waals surface area contributed by atoms with Crippen LogP contribution >= 0.6 is 23.2 Å². The molecule has 0 saturated carbocycles. The maximum absolute atomic E-state index is 13.3. The van der Waals surface area contributed by atoms with Crippen molar-refractivity contribution < 1.29 is 18.4 Å². The summed E-state index contributed by atoms with van der Waals surface area (Å²) in [6.07, 6.45) is 1.44. The number of fused-ring (bicyclic) bond motifs is 1. The van der Waals surface area contributed by atoms with Gasteiger partial charge in [-0.1, -0.05) is 23.2 Å². The van der Waals surface area contributed by atoms with Gasteiger partial charge in [0, 0.05) is 16.8 Å². The number of hydrogen-bond donors (Lipinski definition) is 3. The van der Waals surface area contributed by atoms with Gasteiger partial charge in [-0.25, -0.2) is 18.7 Å². The lowest BCUT2D eigenvalue weighted by Gasteiger charge is -2.11. The Morgan fingerprint density at radius 1 is 1.20 bits per heavy atom. The zero-order valence-electron chi connectivity index (χ0n) is 15.6. The van der Waals surface area contributed by atoms with E-state index in [9.17, 15) is 13.6 Å². The average Bonchev–Trinajstić information content (AvgIpc) is 2.72. The zero-order chi connectivity index (χ0) is 22.1. The third kappa shape index (κ3) is 6.87. The van der Waals surface area contributed by atoms with Gasteiger partial charge in [0.05, 0.1) is 17.1 Å². The molecule has 3 N–H and O–H groups in total. The predicted molar refractivity (Wildman–Crippen MR) is 114 cm³/mol. The molecular weight excluding hydrogens is 439 g/mol. The van der Waals surface area contributed by atoms with Crippen molar-refractivity contribution >= 4 is 63.5 Å². The summed E-state index contributed by atoms with van der Waals surface area (Å²) in [6.45, 7) is 0.211. The van der Waals surface area contributed by atoms with E-state index in [0.717, 1.165) is 0 Å². The van der Waals surface area contributed by atoms with Crippen molar-refractivity contribution in [3.05, 3.63) is 53.6 Å². The van der Waals surface area contributed by atoms with Crippen LogP contribution in [0, 0.1) is 5.82 Å². The van der Waals surface area contributed by atoms with Crippen LogP contribution in [0.15, 0.2) is 42.7 Å². The molecule has 0 aliphatic carbocycles. The number of carbonyl (C=O) groups is 2. The van der Waals surface area contributed by atoms with Crippen molar-refractivity contribution in [1.29, 1.82) is 0 Å². The van der Waals surface area contributed by atoms with Crippen LogP contribution in [0.25, 0.3) is 10.9 Å². The van der Waals surface area contributed by atoms with Crippen LogP contribution in [0.5, 0.6) is 0 Å². The average molecular weight is 456 g/mol. The van der Waals surface area contributed by atoms with E-state index in [1.807, 2.05) is 0 Å².